The van der Waals surface area contributed by atoms with E-state index in [1.54, 1.807) is 11.7 Å². The van der Waals surface area contributed by atoms with E-state index < -0.39 is 0 Å². The smallest absolute Gasteiger partial charge is 0.346 e. The summed E-state index contributed by atoms with van der Waals surface area (Å²) in [5, 5.41) is 11.8. The van der Waals surface area contributed by atoms with E-state index in [0.29, 0.717) is 31.3 Å². The van der Waals surface area contributed by atoms with Gasteiger partial charge in [-0.3, -0.25) is 4.57 Å². The number of piperidine rings is 1. The van der Waals surface area contributed by atoms with E-state index in [0.717, 1.165) is 31.8 Å². The summed E-state index contributed by atoms with van der Waals surface area (Å²) >= 11 is 0. The van der Waals surface area contributed by atoms with Gasteiger partial charge in [-0.25, -0.2) is 9.48 Å². The second kappa shape index (κ2) is 7.71. The molecule has 3 heterocycles. The fourth-order valence-corrected chi connectivity index (χ4v) is 3.01. The summed E-state index contributed by atoms with van der Waals surface area (Å²) in [6.45, 7) is 5.18. The van der Waals surface area contributed by atoms with Crippen molar-refractivity contribution >= 4 is 0 Å². The standard InChI is InChI=1S/C15H24N6O3/c1-3-20-14(11-5-4-7-16-9-11)18-21(15(20)22)10-13-17-12(19-24-13)6-8-23-2/h11,16H,3-10H2,1-2H3/t11-/m1/s1. The van der Waals surface area contributed by atoms with Gasteiger partial charge in [-0.05, 0) is 26.3 Å². The lowest BCUT2D eigenvalue weighted by Crippen LogP contribution is -2.31. The third-order valence-corrected chi connectivity index (χ3v) is 4.25. The summed E-state index contributed by atoms with van der Waals surface area (Å²) in [5.41, 5.74) is -0.130. The molecule has 1 N–H and O–H groups in total. The molecule has 2 aromatic rings. The van der Waals surface area contributed by atoms with Gasteiger partial charge in [0.1, 0.15) is 12.4 Å². The number of hydrogen-bond donors (Lipinski definition) is 1. The quantitative estimate of drug-likeness (QED) is 0.768. The molecule has 2 aromatic heterocycles. The molecule has 0 saturated carbocycles. The fraction of sp³-hybridized carbons (Fsp3) is 0.733. The van der Waals surface area contributed by atoms with Crippen LogP contribution in [0.2, 0.25) is 0 Å². The van der Waals surface area contributed by atoms with Crippen molar-refractivity contribution < 1.29 is 9.26 Å². The Morgan fingerprint density at radius 1 is 1.46 bits per heavy atom. The molecule has 0 aliphatic carbocycles. The molecule has 0 radical (unpaired) electrons. The van der Waals surface area contributed by atoms with E-state index >= 15 is 0 Å². The molecule has 1 aliphatic rings. The molecule has 0 amide bonds. The summed E-state index contributed by atoms with van der Waals surface area (Å²) in [6, 6.07) is 0. The zero-order valence-electron chi connectivity index (χ0n) is 14.2. The fourth-order valence-electron chi connectivity index (χ4n) is 3.01. The third kappa shape index (κ3) is 3.57. The zero-order chi connectivity index (χ0) is 16.9. The van der Waals surface area contributed by atoms with Crippen LogP contribution in [0.15, 0.2) is 9.32 Å². The van der Waals surface area contributed by atoms with Crippen molar-refractivity contribution in [3.8, 4) is 0 Å². The highest BCUT2D eigenvalue weighted by Gasteiger charge is 2.24. The largest absolute Gasteiger partial charge is 0.384 e. The minimum atomic E-state index is -0.130. The first kappa shape index (κ1) is 16.8. The van der Waals surface area contributed by atoms with E-state index in [9.17, 15) is 4.79 Å². The Balaban J connectivity index is 1.79. The Kier molecular flexibility index (Phi) is 5.41. The maximum Gasteiger partial charge on any atom is 0.346 e. The van der Waals surface area contributed by atoms with Crippen LogP contribution in [0.3, 0.4) is 0 Å². The Labute approximate surface area is 140 Å². The summed E-state index contributed by atoms with van der Waals surface area (Å²) in [5.74, 6) is 2.07. The molecular formula is C15H24N6O3. The maximum absolute atomic E-state index is 12.6. The van der Waals surface area contributed by atoms with Crippen LogP contribution in [-0.2, 0) is 24.2 Å². The van der Waals surface area contributed by atoms with E-state index in [1.165, 1.54) is 4.68 Å². The van der Waals surface area contributed by atoms with Crippen LogP contribution in [0.1, 0.15) is 43.2 Å². The van der Waals surface area contributed by atoms with Gasteiger partial charge in [0.2, 0.25) is 5.89 Å². The molecular weight excluding hydrogens is 312 g/mol. The van der Waals surface area contributed by atoms with Gasteiger partial charge in [-0.1, -0.05) is 5.16 Å². The Bertz CT molecular complexity index is 713. The lowest BCUT2D eigenvalue weighted by Gasteiger charge is -2.21. The normalized spacial score (nSPS) is 18.2. The molecule has 0 bridgehead atoms. The van der Waals surface area contributed by atoms with E-state index in [-0.39, 0.29) is 18.2 Å². The van der Waals surface area contributed by atoms with Gasteiger partial charge < -0.3 is 14.6 Å². The van der Waals surface area contributed by atoms with Crippen LogP contribution in [0.4, 0.5) is 0 Å². The Hall–Kier alpha value is -2.00. The maximum atomic E-state index is 12.6. The molecule has 0 spiro atoms. The first-order valence-electron chi connectivity index (χ1n) is 8.41. The highest BCUT2D eigenvalue weighted by atomic mass is 16.5. The van der Waals surface area contributed by atoms with Gasteiger partial charge in [0.05, 0.1) is 6.61 Å². The predicted octanol–water partition coefficient (Wildman–Crippen LogP) is 0.152. The van der Waals surface area contributed by atoms with Crippen molar-refractivity contribution in [3.63, 3.8) is 0 Å². The molecule has 1 saturated heterocycles. The van der Waals surface area contributed by atoms with Crippen molar-refractivity contribution in [2.24, 2.45) is 0 Å². The third-order valence-electron chi connectivity index (χ3n) is 4.25. The van der Waals surface area contributed by atoms with Crippen LogP contribution in [-0.4, -0.2) is 51.3 Å². The van der Waals surface area contributed by atoms with Crippen molar-refractivity contribution in [1.29, 1.82) is 0 Å². The summed E-state index contributed by atoms with van der Waals surface area (Å²) in [4.78, 5) is 16.9. The molecule has 9 heteroatoms. The molecule has 132 valence electrons. The SMILES string of the molecule is CCn1c([C@@H]2CCCNC2)nn(Cc2nc(CCOC)no2)c1=O. The minimum absolute atomic E-state index is 0.130. The van der Waals surface area contributed by atoms with Crippen LogP contribution in [0.5, 0.6) is 0 Å². The van der Waals surface area contributed by atoms with Crippen molar-refractivity contribution in [2.45, 2.75) is 45.2 Å². The molecule has 24 heavy (non-hydrogen) atoms. The highest BCUT2D eigenvalue weighted by Crippen LogP contribution is 2.20. The van der Waals surface area contributed by atoms with Crippen molar-refractivity contribution in [1.82, 2.24) is 29.8 Å². The number of nitrogens with one attached hydrogen (secondary N) is 1. The Morgan fingerprint density at radius 2 is 2.33 bits per heavy atom. The zero-order valence-corrected chi connectivity index (χ0v) is 14.2. The second-order valence-electron chi connectivity index (χ2n) is 5.93. The molecule has 1 atom stereocenters. The topological polar surface area (TPSA) is 100 Å². The minimum Gasteiger partial charge on any atom is -0.384 e. The average Bonchev–Trinajstić information content (AvgIpc) is 3.19. The molecule has 1 aliphatic heterocycles. The van der Waals surface area contributed by atoms with Crippen LogP contribution in [0.25, 0.3) is 0 Å². The summed E-state index contributed by atoms with van der Waals surface area (Å²) < 4.78 is 13.4. The van der Waals surface area contributed by atoms with Gasteiger partial charge in [0.25, 0.3) is 0 Å². The highest BCUT2D eigenvalue weighted by molar-refractivity contribution is 5.01. The number of nitrogens with zero attached hydrogens (tertiary/aromatic N) is 5. The van der Waals surface area contributed by atoms with E-state index in [4.69, 9.17) is 9.26 Å². The van der Waals surface area contributed by atoms with Crippen molar-refractivity contribution in [3.05, 3.63) is 28.0 Å². The molecule has 9 nitrogen and oxygen atoms in total. The number of hydrogen-bond acceptors (Lipinski definition) is 7. The first-order valence-corrected chi connectivity index (χ1v) is 8.41. The average molecular weight is 336 g/mol. The van der Waals surface area contributed by atoms with Gasteiger partial charge in [0, 0.05) is 32.5 Å². The lowest BCUT2D eigenvalue weighted by molar-refractivity contribution is 0.199. The molecule has 1 fully saturated rings. The molecule has 0 aromatic carbocycles. The monoisotopic (exact) mass is 336 g/mol. The predicted molar refractivity (Wildman–Crippen MR) is 86.0 cm³/mol. The molecule has 3 rings (SSSR count). The van der Waals surface area contributed by atoms with Gasteiger partial charge in [-0.2, -0.15) is 10.1 Å². The number of aromatic nitrogens is 5. The van der Waals surface area contributed by atoms with Crippen LogP contribution < -0.4 is 11.0 Å². The van der Waals surface area contributed by atoms with Crippen molar-refractivity contribution in [2.75, 3.05) is 26.8 Å². The van der Waals surface area contributed by atoms with Gasteiger partial charge in [-0.15, -0.1) is 0 Å². The summed E-state index contributed by atoms with van der Waals surface area (Å²) in [6.07, 6.45) is 2.73. The van der Waals surface area contributed by atoms with Crippen LogP contribution >= 0.6 is 0 Å². The van der Waals surface area contributed by atoms with E-state index in [2.05, 4.69) is 20.6 Å². The first-order chi connectivity index (χ1) is 11.7. The van der Waals surface area contributed by atoms with Crippen LogP contribution in [0, 0.1) is 0 Å². The Morgan fingerprint density at radius 3 is 3.04 bits per heavy atom. The van der Waals surface area contributed by atoms with E-state index in [1.807, 2.05) is 6.92 Å². The summed E-state index contributed by atoms with van der Waals surface area (Å²) in [7, 11) is 1.62. The number of ether oxygens (including phenoxy) is 1. The lowest BCUT2D eigenvalue weighted by atomic mass is 9.99. The number of methoxy groups -OCH3 is 1. The second-order valence-corrected chi connectivity index (χ2v) is 5.93. The van der Waals surface area contributed by atoms with Gasteiger partial charge >= 0.3 is 5.69 Å². The number of rotatable bonds is 7. The van der Waals surface area contributed by atoms with Gasteiger partial charge in [0.15, 0.2) is 5.82 Å². The molecule has 0 unspecified atom stereocenters.